The topological polar surface area (TPSA) is 24.5 Å². The van der Waals surface area contributed by atoms with Crippen LogP contribution in [0.15, 0.2) is 24.3 Å². The van der Waals surface area contributed by atoms with Crippen LogP contribution in [0.25, 0.3) is 0 Å². The number of benzene rings is 1. The van der Waals surface area contributed by atoms with Crippen molar-refractivity contribution in [2.24, 2.45) is 0 Å². The van der Waals surface area contributed by atoms with Gasteiger partial charge in [-0.05, 0) is 63.4 Å². The van der Waals surface area contributed by atoms with Gasteiger partial charge in [-0.2, -0.15) is 0 Å². The lowest BCUT2D eigenvalue weighted by Gasteiger charge is -2.29. The Morgan fingerprint density at radius 1 is 1.10 bits per heavy atom. The molecule has 3 nitrogen and oxygen atoms in total. The molecule has 2 aliphatic rings. The molecule has 116 valence electrons. The van der Waals surface area contributed by atoms with Crippen molar-refractivity contribution in [2.75, 3.05) is 26.7 Å². The molecule has 0 bridgehead atoms. The molecular formula is C18H28N2O. The second-order valence-corrected chi connectivity index (χ2v) is 6.62. The van der Waals surface area contributed by atoms with Crippen molar-refractivity contribution in [3.63, 3.8) is 0 Å². The van der Waals surface area contributed by atoms with Gasteiger partial charge in [0.2, 0.25) is 0 Å². The van der Waals surface area contributed by atoms with Gasteiger partial charge in [0.1, 0.15) is 11.9 Å². The first-order chi connectivity index (χ1) is 10.3. The fraction of sp³-hybridized carbons (Fsp3) is 0.667. The second kappa shape index (κ2) is 7.28. The number of hydrogen-bond donors (Lipinski definition) is 1. The lowest BCUT2D eigenvalue weighted by atomic mass is 9.98. The van der Waals surface area contributed by atoms with Gasteiger partial charge in [0, 0.05) is 19.1 Å². The molecule has 2 saturated heterocycles. The first kappa shape index (κ1) is 14.9. The number of piperidine rings is 2. The lowest BCUT2D eigenvalue weighted by molar-refractivity contribution is 0.114. The van der Waals surface area contributed by atoms with Gasteiger partial charge in [-0.15, -0.1) is 0 Å². The summed E-state index contributed by atoms with van der Waals surface area (Å²) >= 11 is 0. The molecule has 0 spiro atoms. The van der Waals surface area contributed by atoms with Gasteiger partial charge < -0.3 is 15.0 Å². The fourth-order valence-corrected chi connectivity index (χ4v) is 3.38. The zero-order valence-electron chi connectivity index (χ0n) is 13.2. The van der Waals surface area contributed by atoms with E-state index in [1.807, 2.05) is 0 Å². The SMILES string of the molecule is CN1CCC(Oc2ccc(CC3CCCCN3)cc2)CC1. The van der Waals surface area contributed by atoms with Gasteiger partial charge in [-0.25, -0.2) is 0 Å². The third-order valence-corrected chi connectivity index (χ3v) is 4.79. The van der Waals surface area contributed by atoms with Gasteiger partial charge in [0.25, 0.3) is 0 Å². The number of likely N-dealkylation sites (tertiary alicyclic amines) is 1. The van der Waals surface area contributed by atoms with E-state index in [0.717, 1.165) is 38.1 Å². The Kier molecular flexibility index (Phi) is 5.15. The van der Waals surface area contributed by atoms with Gasteiger partial charge in [0.15, 0.2) is 0 Å². The van der Waals surface area contributed by atoms with E-state index in [9.17, 15) is 0 Å². The molecule has 1 aromatic rings. The maximum Gasteiger partial charge on any atom is 0.119 e. The Labute approximate surface area is 128 Å². The van der Waals surface area contributed by atoms with Crippen molar-refractivity contribution < 1.29 is 4.74 Å². The van der Waals surface area contributed by atoms with Crippen LogP contribution in [0.2, 0.25) is 0 Å². The van der Waals surface area contributed by atoms with Crippen LogP contribution >= 0.6 is 0 Å². The summed E-state index contributed by atoms with van der Waals surface area (Å²) in [5.41, 5.74) is 1.42. The predicted octanol–water partition coefficient (Wildman–Crippen LogP) is 2.84. The van der Waals surface area contributed by atoms with Gasteiger partial charge >= 0.3 is 0 Å². The van der Waals surface area contributed by atoms with Crippen LogP contribution < -0.4 is 10.1 Å². The highest BCUT2D eigenvalue weighted by molar-refractivity contribution is 5.28. The smallest absolute Gasteiger partial charge is 0.119 e. The van der Waals surface area contributed by atoms with Crippen molar-refractivity contribution in [3.05, 3.63) is 29.8 Å². The van der Waals surface area contributed by atoms with E-state index in [0.29, 0.717) is 12.1 Å². The molecule has 2 heterocycles. The molecule has 0 radical (unpaired) electrons. The van der Waals surface area contributed by atoms with Crippen molar-refractivity contribution in [2.45, 2.75) is 50.7 Å². The van der Waals surface area contributed by atoms with Crippen LogP contribution in [0.4, 0.5) is 0 Å². The summed E-state index contributed by atoms with van der Waals surface area (Å²) in [5.74, 6) is 1.03. The van der Waals surface area contributed by atoms with Crippen molar-refractivity contribution in [1.29, 1.82) is 0 Å². The largest absolute Gasteiger partial charge is 0.490 e. The summed E-state index contributed by atoms with van der Waals surface area (Å²) in [5, 5.41) is 3.62. The maximum absolute atomic E-state index is 6.11. The fourth-order valence-electron chi connectivity index (χ4n) is 3.38. The molecule has 2 fully saturated rings. The zero-order chi connectivity index (χ0) is 14.5. The van der Waals surface area contributed by atoms with Crippen LogP contribution in [0.5, 0.6) is 5.75 Å². The second-order valence-electron chi connectivity index (χ2n) is 6.62. The van der Waals surface area contributed by atoms with Crippen LogP contribution in [0.3, 0.4) is 0 Å². The van der Waals surface area contributed by atoms with Crippen molar-refractivity contribution in [3.8, 4) is 5.75 Å². The molecule has 0 aliphatic carbocycles. The van der Waals surface area contributed by atoms with Gasteiger partial charge in [-0.1, -0.05) is 18.6 Å². The van der Waals surface area contributed by atoms with Crippen LogP contribution in [-0.4, -0.2) is 43.7 Å². The predicted molar refractivity (Wildman–Crippen MR) is 86.9 cm³/mol. The number of nitrogens with one attached hydrogen (secondary N) is 1. The Morgan fingerprint density at radius 2 is 1.86 bits per heavy atom. The third-order valence-electron chi connectivity index (χ3n) is 4.79. The van der Waals surface area contributed by atoms with Crippen molar-refractivity contribution >= 4 is 0 Å². The molecule has 3 rings (SSSR count). The van der Waals surface area contributed by atoms with Crippen molar-refractivity contribution in [1.82, 2.24) is 10.2 Å². The highest BCUT2D eigenvalue weighted by Crippen LogP contribution is 2.20. The summed E-state index contributed by atoms with van der Waals surface area (Å²) < 4.78 is 6.11. The van der Waals surface area contributed by atoms with E-state index in [2.05, 4.69) is 41.5 Å². The van der Waals surface area contributed by atoms with Crippen LogP contribution in [0.1, 0.15) is 37.7 Å². The van der Waals surface area contributed by atoms with E-state index in [1.54, 1.807) is 0 Å². The molecule has 0 saturated carbocycles. The molecule has 1 unspecified atom stereocenters. The van der Waals surface area contributed by atoms with Gasteiger partial charge in [-0.3, -0.25) is 0 Å². The third kappa shape index (κ3) is 4.45. The number of hydrogen-bond acceptors (Lipinski definition) is 3. The molecule has 3 heteroatoms. The minimum Gasteiger partial charge on any atom is -0.490 e. The quantitative estimate of drug-likeness (QED) is 0.922. The molecule has 1 atom stereocenters. The summed E-state index contributed by atoms with van der Waals surface area (Å²) in [4.78, 5) is 2.38. The Hall–Kier alpha value is -1.06. The Morgan fingerprint density at radius 3 is 2.52 bits per heavy atom. The van der Waals surface area contributed by atoms with Crippen LogP contribution in [-0.2, 0) is 6.42 Å². The number of nitrogens with zero attached hydrogens (tertiary/aromatic N) is 1. The van der Waals surface area contributed by atoms with E-state index < -0.39 is 0 Å². The zero-order valence-corrected chi connectivity index (χ0v) is 13.2. The normalized spacial score (nSPS) is 24.9. The monoisotopic (exact) mass is 288 g/mol. The summed E-state index contributed by atoms with van der Waals surface area (Å²) in [6, 6.07) is 9.44. The number of rotatable bonds is 4. The average molecular weight is 288 g/mol. The average Bonchev–Trinajstić information content (AvgIpc) is 2.53. The molecule has 2 aliphatic heterocycles. The highest BCUT2D eigenvalue weighted by atomic mass is 16.5. The molecule has 0 amide bonds. The van der Waals surface area contributed by atoms with E-state index in [4.69, 9.17) is 4.74 Å². The van der Waals surface area contributed by atoms with E-state index in [1.165, 1.54) is 31.4 Å². The highest BCUT2D eigenvalue weighted by Gasteiger charge is 2.18. The molecule has 21 heavy (non-hydrogen) atoms. The minimum atomic E-state index is 0.395. The Bertz CT molecular complexity index is 417. The molecule has 1 N–H and O–H groups in total. The summed E-state index contributed by atoms with van der Waals surface area (Å²) in [6.45, 7) is 3.48. The standard InChI is InChI=1S/C18H28N2O/c1-20-12-9-18(10-13-20)21-17-7-5-15(6-8-17)14-16-4-2-3-11-19-16/h5-8,16,18-19H,2-4,9-14H2,1H3. The van der Waals surface area contributed by atoms with Gasteiger partial charge in [0.05, 0.1) is 0 Å². The van der Waals surface area contributed by atoms with E-state index in [-0.39, 0.29) is 0 Å². The first-order valence-corrected chi connectivity index (χ1v) is 8.47. The maximum atomic E-state index is 6.11. The summed E-state index contributed by atoms with van der Waals surface area (Å²) in [6.07, 6.45) is 7.85. The minimum absolute atomic E-state index is 0.395. The summed E-state index contributed by atoms with van der Waals surface area (Å²) in [7, 11) is 2.18. The van der Waals surface area contributed by atoms with Crippen LogP contribution in [0, 0.1) is 0 Å². The number of ether oxygens (including phenoxy) is 1. The molecular weight excluding hydrogens is 260 g/mol. The first-order valence-electron chi connectivity index (χ1n) is 8.47. The lowest BCUT2D eigenvalue weighted by Crippen LogP contribution is -2.35. The Balaban J connectivity index is 1.49. The molecule has 0 aromatic heterocycles. The molecule has 1 aromatic carbocycles. The van der Waals surface area contributed by atoms with E-state index >= 15 is 0 Å².